The van der Waals surface area contributed by atoms with Crippen LogP contribution in [0.5, 0.6) is 5.75 Å². The van der Waals surface area contributed by atoms with Gasteiger partial charge in [0.15, 0.2) is 0 Å². The molecule has 0 aliphatic rings. The molecule has 1 heterocycles. The summed E-state index contributed by atoms with van der Waals surface area (Å²) in [7, 11) is 1.63. The highest BCUT2D eigenvalue weighted by Crippen LogP contribution is 2.21. The molecule has 2 rings (SSSR count). The second-order valence-electron chi connectivity index (χ2n) is 3.51. The Morgan fingerprint density at radius 2 is 2.31 bits per heavy atom. The first-order valence-electron chi connectivity index (χ1n) is 5.07. The Hall–Kier alpha value is -1.81. The number of rotatable bonds is 4. The molecule has 0 radical (unpaired) electrons. The predicted molar refractivity (Wildman–Crippen MR) is 60.2 cm³/mol. The van der Waals surface area contributed by atoms with Gasteiger partial charge in [-0.05, 0) is 17.7 Å². The van der Waals surface area contributed by atoms with Crippen LogP contribution in [0.15, 0.2) is 36.7 Å². The summed E-state index contributed by atoms with van der Waals surface area (Å²) in [6.07, 6.45) is 3.65. The topological polar surface area (TPSA) is 47.3 Å². The molecule has 2 aromatic rings. The Labute approximate surface area is 94.1 Å². The normalized spacial score (nSPS) is 10.4. The fraction of sp³-hybridized carbons (Fsp3) is 0.250. The Balaban J connectivity index is 2.26. The largest absolute Gasteiger partial charge is 0.496 e. The summed E-state index contributed by atoms with van der Waals surface area (Å²) in [5.41, 5.74) is 1.89. The molecule has 4 nitrogen and oxygen atoms in total. The number of ether oxygens (including phenoxy) is 1. The van der Waals surface area contributed by atoms with Gasteiger partial charge in [-0.15, -0.1) is 0 Å². The van der Waals surface area contributed by atoms with E-state index in [1.165, 1.54) is 0 Å². The number of aliphatic hydroxyl groups excluding tert-OH is 1. The molecule has 0 fully saturated rings. The van der Waals surface area contributed by atoms with E-state index in [-0.39, 0.29) is 6.61 Å². The average molecular weight is 218 g/mol. The molecule has 1 aromatic heterocycles. The lowest BCUT2D eigenvalue weighted by Crippen LogP contribution is -2.02. The molecule has 0 unspecified atom stereocenters. The van der Waals surface area contributed by atoms with Crippen LogP contribution < -0.4 is 4.74 Å². The van der Waals surface area contributed by atoms with Crippen molar-refractivity contribution in [3.63, 3.8) is 0 Å². The molecule has 0 aliphatic carbocycles. The lowest BCUT2D eigenvalue weighted by Gasteiger charge is -2.10. The molecule has 0 atom stereocenters. The van der Waals surface area contributed by atoms with Crippen molar-refractivity contribution in [2.45, 2.75) is 13.2 Å². The molecular formula is C12H14N2O2. The van der Waals surface area contributed by atoms with Crippen LogP contribution in [-0.4, -0.2) is 22.0 Å². The summed E-state index contributed by atoms with van der Waals surface area (Å²) in [6, 6.07) is 7.57. The van der Waals surface area contributed by atoms with E-state index in [1.807, 2.05) is 35.1 Å². The highest BCUT2D eigenvalue weighted by Gasteiger charge is 2.04. The number of nitrogens with zero attached hydrogens (tertiary/aromatic N) is 2. The first kappa shape index (κ1) is 10.7. The predicted octanol–water partition coefficient (Wildman–Crippen LogP) is 1.43. The van der Waals surface area contributed by atoms with Gasteiger partial charge in [-0.25, -0.2) is 0 Å². The minimum atomic E-state index is 0.0262. The average Bonchev–Trinajstić information content (AvgIpc) is 2.82. The molecule has 4 heteroatoms. The van der Waals surface area contributed by atoms with Crippen LogP contribution >= 0.6 is 0 Å². The molecular weight excluding hydrogens is 204 g/mol. The van der Waals surface area contributed by atoms with Gasteiger partial charge in [-0.2, -0.15) is 5.10 Å². The van der Waals surface area contributed by atoms with E-state index in [9.17, 15) is 0 Å². The maximum absolute atomic E-state index is 9.03. The van der Waals surface area contributed by atoms with Gasteiger partial charge >= 0.3 is 0 Å². The minimum Gasteiger partial charge on any atom is -0.496 e. The van der Waals surface area contributed by atoms with Gasteiger partial charge in [0.1, 0.15) is 5.75 Å². The Morgan fingerprint density at radius 3 is 2.94 bits per heavy atom. The third-order valence-electron chi connectivity index (χ3n) is 2.43. The zero-order chi connectivity index (χ0) is 11.4. The fourth-order valence-electron chi connectivity index (χ4n) is 1.59. The van der Waals surface area contributed by atoms with Crippen molar-refractivity contribution in [1.82, 2.24) is 9.78 Å². The van der Waals surface area contributed by atoms with E-state index in [4.69, 9.17) is 9.84 Å². The molecule has 1 N–H and O–H groups in total. The number of aromatic nitrogens is 2. The molecule has 0 saturated carbocycles. The van der Waals surface area contributed by atoms with Crippen molar-refractivity contribution in [2.24, 2.45) is 0 Å². The number of aliphatic hydroxyl groups is 1. The van der Waals surface area contributed by atoms with Crippen LogP contribution in [0, 0.1) is 0 Å². The number of hydrogen-bond acceptors (Lipinski definition) is 3. The molecule has 16 heavy (non-hydrogen) atoms. The summed E-state index contributed by atoms with van der Waals surface area (Å²) < 4.78 is 7.11. The SMILES string of the molecule is COc1cc(CO)ccc1Cn1cccn1. The van der Waals surface area contributed by atoms with Gasteiger partial charge in [-0.1, -0.05) is 12.1 Å². The van der Waals surface area contributed by atoms with Crippen LogP contribution in [0.4, 0.5) is 0 Å². The second-order valence-corrected chi connectivity index (χ2v) is 3.51. The van der Waals surface area contributed by atoms with Crippen molar-refractivity contribution in [3.8, 4) is 5.75 Å². The highest BCUT2D eigenvalue weighted by molar-refractivity contribution is 5.37. The summed E-state index contributed by atoms with van der Waals surface area (Å²) >= 11 is 0. The van der Waals surface area contributed by atoms with E-state index in [2.05, 4.69) is 5.10 Å². The van der Waals surface area contributed by atoms with Gasteiger partial charge < -0.3 is 9.84 Å². The third-order valence-corrected chi connectivity index (χ3v) is 2.43. The lowest BCUT2D eigenvalue weighted by atomic mass is 10.1. The highest BCUT2D eigenvalue weighted by atomic mass is 16.5. The summed E-state index contributed by atoms with van der Waals surface area (Å²) in [5, 5.41) is 13.2. The quantitative estimate of drug-likeness (QED) is 0.844. The Morgan fingerprint density at radius 1 is 1.44 bits per heavy atom. The van der Waals surface area contributed by atoms with Crippen molar-refractivity contribution in [3.05, 3.63) is 47.8 Å². The molecule has 0 saturated heterocycles. The number of benzene rings is 1. The summed E-state index contributed by atoms with van der Waals surface area (Å²) in [5.74, 6) is 0.780. The van der Waals surface area contributed by atoms with Gasteiger partial charge in [0.2, 0.25) is 0 Å². The van der Waals surface area contributed by atoms with E-state index >= 15 is 0 Å². The van der Waals surface area contributed by atoms with Crippen molar-refractivity contribution in [2.75, 3.05) is 7.11 Å². The monoisotopic (exact) mass is 218 g/mol. The standard InChI is InChI=1S/C12H14N2O2/c1-16-12-7-10(9-15)3-4-11(12)8-14-6-2-5-13-14/h2-7,15H,8-9H2,1H3. The van der Waals surface area contributed by atoms with E-state index in [0.29, 0.717) is 6.54 Å². The van der Waals surface area contributed by atoms with Crippen molar-refractivity contribution in [1.29, 1.82) is 0 Å². The van der Waals surface area contributed by atoms with Gasteiger partial charge in [-0.3, -0.25) is 4.68 Å². The zero-order valence-corrected chi connectivity index (χ0v) is 9.13. The number of methoxy groups -OCH3 is 1. The van der Waals surface area contributed by atoms with Gasteiger partial charge in [0.25, 0.3) is 0 Å². The fourth-order valence-corrected chi connectivity index (χ4v) is 1.59. The first-order valence-corrected chi connectivity index (χ1v) is 5.07. The van der Waals surface area contributed by atoms with E-state index in [1.54, 1.807) is 13.3 Å². The van der Waals surface area contributed by atoms with Crippen LogP contribution in [0.1, 0.15) is 11.1 Å². The first-order chi connectivity index (χ1) is 7.83. The van der Waals surface area contributed by atoms with E-state index < -0.39 is 0 Å². The van der Waals surface area contributed by atoms with Gasteiger partial charge in [0, 0.05) is 18.0 Å². The summed E-state index contributed by atoms with van der Waals surface area (Å²) in [6.45, 7) is 0.695. The van der Waals surface area contributed by atoms with Crippen LogP contribution in [-0.2, 0) is 13.2 Å². The lowest BCUT2D eigenvalue weighted by molar-refractivity contribution is 0.281. The summed E-state index contributed by atoms with van der Waals surface area (Å²) in [4.78, 5) is 0. The molecule has 1 aromatic carbocycles. The molecule has 0 aliphatic heterocycles. The molecule has 0 bridgehead atoms. The van der Waals surface area contributed by atoms with E-state index in [0.717, 1.165) is 16.9 Å². The Bertz CT molecular complexity index is 452. The molecule has 0 spiro atoms. The number of hydrogen-bond donors (Lipinski definition) is 1. The second kappa shape index (κ2) is 4.81. The zero-order valence-electron chi connectivity index (χ0n) is 9.13. The Kier molecular flexibility index (Phi) is 3.22. The van der Waals surface area contributed by atoms with Crippen LogP contribution in [0.3, 0.4) is 0 Å². The smallest absolute Gasteiger partial charge is 0.124 e. The third kappa shape index (κ3) is 2.23. The minimum absolute atomic E-state index is 0.0262. The molecule has 0 amide bonds. The van der Waals surface area contributed by atoms with Crippen molar-refractivity contribution >= 4 is 0 Å². The maximum atomic E-state index is 9.03. The molecule has 84 valence electrons. The van der Waals surface area contributed by atoms with Crippen LogP contribution in [0.2, 0.25) is 0 Å². The van der Waals surface area contributed by atoms with Gasteiger partial charge in [0.05, 0.1) is 20.3 Å². The van der Waals surface area contributed by atoms with Crippen molar-refractivity contribution < 1.29 is 9.84 Å². The maximum Gasteiger partial charge on any atom is 0.124 e. The van der Waals surface area contributed by atoms with Crippen LogP contribution in [0.25, 0.3) is 0 Å².